The Morgan fingerprint density at radius 1 is 0.940 bits per heavy atom. The number of rotatable bonds is 8. The number of imidazole rings is 1. The monoisotopic (exact) mass is 672 g/mol. The lowest BCUT2D eigenvalue weighted by atomic mass is 10.0. The molecule has 1 atom stereocenters. The molecule has 12 heteroatoms. The molecule has 2 aliphatic rings. The second-order valence-corrected chi connectivity index (χ2v) is 12.8. The maximum Gasteiger partial charge on any atom is 0.433 e. The number of nitrogens with one attached hydrogen (secondary N) is 2. The van der Waals surface area contributed by atoms with Gasteiger partial charge >= 0.3 is 6.09 Å². The van der Waals surface area contributed by atoms with Gasteiger partial charge < -0.3 is 29.6 Å². The molecule has 0 aliphatic carbocycles. The Balaban J connectivity index is 1.07. The molecule has 3 aromatic carbocycles. The molecule has 0 unspecified atom stereocenters. The number of likely N-dealkylation sites (tertiary alicyclic amines) is 1. The summed E-state index contributed by atoms with van der Waals surface area (Å²) in [4.78, 5) is 50.5. The van der Waals surface area contributed by atoms with Crippen LogP contribution in [0.3, 0.4) is 0 Å². The first-order chi connectivity index (χ1) is 24.4. The van der Waals surface area contributed by atoms with E-state index in [2.05, 4.69) is 101 Å². The van der Waals surface area contributed by atoms with E-state index in [4.69, 9.17) is 4.74 Å². The van der Waals surface area contributed by atoms with E-state index >= 15 is 0 Å². The van der Waals surface area contributed by atoms with Gasteiger partial charge in [0.1, 0.15) is 23.7 Å². The number of anilines is 3. The summed E-state index contributed by atoms with van der Waals surface area (Å²) in [5, 5.41) is 4.42. The molecule has 256 valence electrons. The Morgan fingerprint density at radius 2 is 1.68 bits per heavy atom. The van der Waals surface area contributed by atoms with Crippen LogP contribution >= 0.6 is 0 Å². The number of hydrogen-bond donors (Lipinski definition) is 2. The Hall–Kier alpha value is -5.62. The largest absolute Gasteiger partial charge is 0.451 e. The fourth-order valence-corrected chi connectivity index (χ4v) is 6.55. The van der Waals surface area contributed by atoms with Crippen molar-refractivity contribution in [1.82, 2.24) is 24.8 Å². The number of carbonyl (C=O) groups is 2. The summed E-state index contributed by atoms with van der Waals surface area (Å²) in [6.45, 7) is 7.54. The van der Waals surface area contributed by atoms with Crippen molar-refractivity contribution in [2.75, 3.05) is 50.2 Å². The van der Waals surface area contributed by atoms with E-state index in [-0.39, 0.29) is 23.6 Å². The van der Waals surface area contributed by atoms with Crippen molar-refractivity contribution in [3.8, 4) is 22.4 Å². The summed E-state index contributed by atoms with van der Waals surface area (Å²) < 4.78 is 10.2. The van der Waals surface area contributed by atoms with E-state index in [1.807, 2.05) is 19.9 Å². The summed E-state index contributed by atoms with van der Waals surface area (Å²) in [5.74, 6) is 0.955. The highest BCUT2D eigenvalue weighted by Crippen LogP contribution is 2.34. The van der Waals surface area contributed by atoms with E-state index in [0.29, 0.717) is 12.4 Å². The maximum atomic E-state index is 13.5. The van der Waals surface area contributed by atoms with Crippen LogP contribution in [0.4, 0.5) is 22.0 Å². The fourth-order valence-electron chi connectivity index (χ4n) is 6.55. The molecule has 2 saturated heterocycles. The van der Waals surface area contributed by atoms with E-state index in [1.165, 1.54) is 12.8 Å². The molecule has 2 amide bonds. The minimum Gasteiger partial charge on any atom is -0.451 e. The summed E-state index contributed by atoms with van der Waals surface area (Å²) in [5.41, 5.74) is 7.11. The highest BCUT2D eigenvalue weighted by atomic mass is 16.5. The molecule has 50 heavy (non-hydrogen) atoms. The lowest BCUT2D eigenvalue weighted by molar-refractivity contribution is -0.125. The molecular formula is C38H40N8O4. The number of hydrogen-bond acceptors (Lipinski definition) is 9. The number of ether oxygens (including phenoxy) is 2. The molecule has 7 rings (SSSR count). The zero-order valence-corrected chi connectivity index (χ0v) is 28.4. The number of amides is 2. The molecule has 0 saturated carbocycles. The van der Waals surface area contributed by atoms with Crippen molar-refractivity contribution in [2.24, 2.45) is 10.9 Å². The van der Waals surface area contributed by atoms with Gasteiger partial charge in [0.15, 0.2) is 0 Å². The molecule has 2 fully saturated rings. The number of carbonyl (C=O) groups excluding carboxylic acids is 2. The number of benzene rings is 3. The molecule has 0 spiro atoms. The minimum absolute atomic E-state index is 0.187. The number of fused-ring (bicyclic) bond motifs is 1. The van der Waals surface area contributed by atoms with Crippen molar-refractivity contribution < 1.29 is 19.1 Å². The third-order valence-corrected chi connectivity index (χ3v) is 9.25. The van der Waals surface area contributed by atoms with Crippen molar-refractivity contribution in [2.45, 2.75) is 32.7 Å². The van der Waals surface area contributed by atoms with Crippen LogP contribution in [0.15, 0.2) is 84.2 Å². The first-order valence-corrected chi connectivity index (χ1v) is 17.0. The van der Waals surface area contributed by atoms with Gasteiger partial charge in [-0.15, -0.1) is 0 Å². The number of H-pyrrole nitrogens is 1. The highest BCUT2D eigenvalue weighted by Gasteiger charge is 2.35. The smallest absolute Gasteiger partial charge is 0.433 e. The van der Waals surface area contributed by atoms with Crippen LogP contribution in [-0.4, -0.2) is 82.5 Å². The van der Waals surface area contributed by atoms with Crippen LogP contribution in [0, 0.1) is 5.92 Å². The Morgan fingerprint density at radius 3 is 2.42 bits per heavy atom. The average molecular weight is 673 g/mol. The van der Waals surface area contributed by atoms with E-state index in [0.717, 1.165) is 83.9 Å². The lowest BCUT2D eigenvalue weighted by Gasteiger charge is -2.28. The van der Waals surface area contributed by atoms with Gasteiger partial charge in [0.25, 0.3) is 5.91 Å². The second-order valence-electron chi connectivity index (χ2n) is 12.8. The number of methoxy groups -OCH3 is 1. The number of aromatic amines is 1. The number of morpholine rings is 1. The van der Waals surface area contributed by atoms with Gasteiger partial charge in [-0.1, -0.05) is 44.2 Å². The molecule has 2 aliphatic heterocycles. The van der Waals surface area contributed by atoms with Crippen LogP contribution in [-0.2, 0) is 14.3 Å². The highest BCUT2D eigenvalue weighted by molar-refractivity contribution is 6.40. The van der Waals surface area contributed by atoms with E-state index < -0.39 is 6.09 Å². The maximum absolute atomic E-state index is 13.5. The topological polar surface area (TPSA) is 138 Å². The molecular weight excluding hydrogens is 632 g/mol. The first kappa shape index (κ1) is 32.9. The molecule has 4 heterocycles. The van der Waals surface area contributed by atoms with Crippen LogP contribution in [0.5, 0.6) is 0 Å². The third kappa shape index (κ3) is 6.92. The Labute approximate surface area is 290 Å². The zero-order valence-electron chi connectivity index (χ0n) is 28.4. The first-order valence-electron chi connectivity index (χ1n) is 17.0. The minimum atomic E-state index is -0.777. The van der Waals surface area contributed by atoms with Gasteiger partial charge in [-0.25, -0.2) is 19.7 Å². The SMILES string of the molecule is COC(=O)N=C(C(=O)N1CCC[C@H]1c1ncc(-c2ccc(-c3ccc4ncnc(Nc5ccc(N6CCOCC6)cc5)c4c3)cc2)[nH]1)C(C)C. The van der Waals surface area contributed by atoms with Crippen LogP contribution in [0.1, 0.15) is 38.6 Å². The van der Waals surface area contributed by atoms with Crippen LogP contribution in [0.2, 0.25) is 0 Å². The number of aromatic nitrogens is 4. The van der Waals surface area contributed by atoms with E-state index in [1.54, 1.807) is 17.4 Å². The summed E-state index contributed by atoms with van der Waals surface area (Å²) in [6, 6.07) is 22.7. The number of nitrogens with zero attached hydrogens (tertiary/aromatic N) is 6. The van der Waals surface area contributed by atoms with Crippen LogP contribution < -0.4 is 10.2 Å². The third-order valence-electron chi connectivity index (χ3n) is 9.25. The summed E-state index contributed by atoms with van der Waals surface area (Å²) >= 11 is 0. The van der Waals surface area contributed by atoms with Gasteiger partial charge in [0, 0.05) is 42.3 Å². The molecule has 2 N–H and O–H groups in total. The summed E-state index contributed by atoms with van der Waals surface area (Å²) in [6.07, 6.45) is 4.21. The lowest BCUT2D eigenvalue weighted by Crippen LogP contribution is -2.39. The van der Waals surface area contributed by atoms with Gasteiger partial charge in [-0.05, 0) is 65.9 Å². The predicted octanol–water partition coefficient (Wildman–Crippen LogP) is 6.79. The van der Waals surface area contributed by atoms with Gasteiger partial charge in [0.2, 0.25) is 0 Å². The Kier molecular flexibility index (Phi) is 9.52. The number of aliphatic imine (C=N–C) groups is 1. The van der Waals surface area contributed by atoms with Crippen molar-refractivity contribution in [1.29, 1.82) is 0 Å². The molecule has 2 aromatic heterocycles. The van der Waals surface area contributed by atoms with Crippen molar-refractivity contribution in [3.05, 3.63) is 85.1 Å². The summed E-state index contributed by atoms with van der Waals surface area (Å²) in [7, 11) is 1.25. The van der Waals surface area contributed by atoms with Crippen LogP contribution in [0.25, 0.3) is 33.3 Å². The second kappa shape index (κ2) is 14.5. The molecule has 12 nitrogen and oxygen atoms in total. The average Bonchev–Trinajstić information content (AvgIpc) is 3.85. The zero-order chi connectivity index (χ0) is 34.6. The van der Waals surface area contributed by atoms with Gasteiger partial charge in [0.05, 0.1) is 43.8 Å². The molecule has 0 radical (unpaired) electrons. The Bertz CT molecular complexity index is 2020. The quantitative estimate of drug-likeness (QED) is 0.171. The standard InChI is InChI=1S/C38H40N8O4/c1-24(2)34(44-38(48)49-3)37(47)46-16-4-5-33(46)36-39-22-32(43-36)26-8-6-25(7-9-26)27-10-15-31-30(21-27)35(41-23-40-31)42-28-11-13-29(14-12-28)45-17-19-50-20-18-45/h6-15,21-24,33H,4-5,16-20H2,1-3H3,(H,39,43)(H,40,41,42)/t33-/m0/s1. The molecule has 0 bridgehead atoms. The van der Waals surface area contributed by atoms with Gasteiger partial charge in [-0.2, -0.15) is 4.99 Å². The normalized spacial score (nSPS) is 16.6. The predicted molar refractivity (Wildman–Crippen MR) is 194 cm³/mol. The van der Waals surface area contributed by atoms with Gasteiger partial charge in [-0.3, -0.25) is 4.79 Å². The van der Waals surface area contributed by atoms with Crippen molar-refractivity contribution in [3.63, 3.8) is 0 Å². The fraction of sp³-hybridized carbons (Fsp3) is 0.316. The van der Waals surface area contributed by atoms with E-state index in [9.17, 15) is 9.59 Å². The molecule has 5 aromatic rings. The van der Waals surface area contributed by atoms with Crippen molar-refractivity contribution >= 4 is 45.8 Å².